The van der Waals surface area contributed by atoms with Crippen LogP contribution in [0.4, 0.5) is 26.3 Å². The van der Waals surface area contributed by atoms with Gasteiger partial charge >= 0.3 is 18.3 Å². The van der Waals surface area contributed by atoms with Gasteiger partial charge in [0.15, 0.2) is 0 Å². The van der Waals surface area contributed by atoms with Crippen molar-refractivity contribution in [3.05, 3.63) is 101 Å². The average molecular weight is 801 g/mol. The molecule has 5 nitrogen and oxygen atoms in total. The standard InChI is InChI=1S/C28H19F6I2NO4/c29-27(30,31)18-6-3-4-15(10-18)14-41-25-21(35)11-17-12-22(26(39)40)37(13-19(17)24(25)36)23(38)9-8-16-5-1-2-7-20(16)28(32,33)34/h1-11,22H,12-14H2,(H,39,40)/b9-8+/t22-/m0/s1. The lowest BCUT2D eigenvalue weighted by Gasteiger charge is -2.35. The summed E-state index contributed by atoms with van der Waals surface area (Å²) < 4.78 is 86.3. The van der Waals surface area contributed by atoms with Gasteiger partial charge in [-0.25, -0.2) is 4.79 Å². The Kier molecular flexibility index (Phi) is 9.26. The molecule has 0 bridgehead atoms. The second-order valence-electron chi connectivity index (χ2n) is 9.07. The summed E-state index contributed by atoms with van der Waals surface area (Å²) in [6, 6.07) is 9.85. The van der Waals surface area contributed by atoms with Crippen LogP contribution in [0.5, 0.6) is 5.75 Å². The molecule has 3 aromatic rings. The molecule has 1 aliphatic rings. The van der Waals surface area contributed by atoms with Crippen LogP contribution in [-0.4, -0.2) is 27.9 Å². The molecule has 41 heavy (non-hydrogen) atoms. The molecule has 0 aliphatic carbocycles. The first-order valence-electron chi connectivity index (χ1n) is 11.8. The number of rotatable bonds is 6. The first kappa shape index (κ1) is 31.1. The topological polar surface area (TPSA) is 66.8 Å². The van der Waals surface area contributed by atoms with Crippen molar-refractivity contribution < 1.29 is 45.8 Å². The van der Waals surface area contributed by atoms with Crippen LogP contribution in [0.2, 0.25) is 0 Å². The molecule has 1 N–H and O–H groups in total. The maximum atomic E-state index is 13.3. The third-order valence-corrected chi connectivity index (χ3v) is 8.31. The predicted octanol–water partition coefficient (Wildman–Crippen LogP) is 7.56. The van der Waals surface area contributed by atoms with Gasteiger partial charge in [-0.05, 0) is 97.8 Å². The van der Waals surface area contributed by atoms with E-state index in [4.69, 9.17) is 4.74 Å². The van der Waals surface area contributed by atoms with Crippen molar-refractivity contribution in [3.8, 4) is 5.75 Å². The maximum Gasteiger partial charge on any atom is 0.416 e. The first-order chi connectivity index (χ1) is 19.2. The fourth-order valence-corrected chi connectivity index (χ4v) is 6.66. The largest absolute Gasteiger partial charge is 0.487 e. The predicted molar refractivity (Wildman–Crippen MR) is 154 cm³/mol. The highest BCUT2D eigenvalue weighted by atomic mass is 127. The molecule has 0 saturated heterocycles. The number of carbonyl (C=O) groups is 2. The number of carbonyl (C=O) groups excluding carboxylic acids is 1. The minimum Gasteiger partial charge on any atom is -0.487 e. The average Bonchev–Trinajstić information content (AvgIpc) is 2.90. The highest BCUT2D eigenvalue weighted by Gasteiger charge is 2.37. The lowest BCUT2D eigenvalue weighted by Crippen LogP contribution is -2.48. The molecule has 1 aliphatic heterocycles. The Hall–Kier alpha value is -2.82. The molecule has 0 unspecified atom stereocenters. The van der Waals surface area contributed by atoms with Crippen molar-refractivity contribution in [2.75, 3.05) is 0 Å². The van der Waals surface area contributed by atoms with Gasteiger partial charge in [0.2, 0.25) is 5.91 Å². The van der Waals surface area contributed by atoms with E-state index in [-0.39, 0.29) is 30.7 Å². The van der Waals surface area contributed by atoms with Gasteiger partial charge in [-0.2, -0.15) is 26.3 Å². The molecule has 0 aromatic heterocycles. The van der Waals surface area contributed by atoms with Crippen LogP contribution in [0.15, 0.2) is 60.7 Å². The minimum atomic E-state index is -4.64. The Bertz CT molecular complexity index is 1520. The third-order valence-electron chi connectivity index (χ3n) is 6.37. The molecule has 1 heterocycles. The van der Waals surface area contributed by atoms with Crippen LogP contribution in [0, 0.1) is 7.14 Å². The summed E-state index contributed by atoms with van der Waals surface area (Å²) in [5.41, 5.74) is -0.473. The monoisotopic (exact) mass is 801 g/mol. The van der Waals surface area contributed by atoms with E-state index in [1.165, 1.54) is 30.3 Å². The van der Waals surface area contributed by atoms with Gasteiger partial charge < -0.3 is 14.7 Å². The van der Waals surface area contributed by atoms with E-state index >= 15 is 0 Å². The Balaban J connectivity index is 1.61. The summed E-state index contributed by atoms with van der Waals surface area (Å²) >= 11 is 3.96. The summed E-state index contributed by atoms with van der Waals surface area (Å²) in [7, 11) is 0. The number of ether oxygens (including phenoxy) is 1. The van der Waals surface area contributed by atoms with Crippen LogP contribution in [0.25, 0.3) is 6.08 Å². The lowest BCUT2D eigenvalue weighted by atomic mass is 9.93. The quantitative estimate of drug-likeness (QED) is 0.159. The Labute approximate surface area is 257 Å². The van der Waals surface area contributed by atoms with Crippen molar-refractivity contribution in [2.45, 2.75) is 38.0 Å². The molecule has 0 fully saturated rings. The number of hydrogen-bond donors (Lipinski definition) is 1. The van der Waals surface area contributed by atoms with Crippen LogP contribution in [0.1, 0.15) is 33.4 Å². The molecule has 1 atom stereocenters. The summed E-state index contributed by atoms with van der Waals surface area (Å²) in [5.74, 6) is -1.71. The van der Waals surface area contributed by atoms with Crippen LogP contribution >= 0.6 is 45.2 Å². The third kappa shape index (κ3) is 7.16. The van der Waals surface area contributed by atoms with Crippen LogP contribution in [0.3, 0.4) is 0 Å². The van der Waals surface area contributed by atoms with Gasteiger partial charge in [0.25, 0.3) is 0 Å². The number of carboxylic acid groups (broad SMARTS) is 1. The molecule has 0 spiro atoms. The smallest absolute Gasteiger partial charge is 0.416 e. The van der Waals surface area contributed by atoms with Crippen LogP contribution in [-0.2, 0) is 41.5 Å². The number of carboxylic acids is 1. The van der Waals surface area contributed by atoms with E-state index in [0.29, 0.717) is 24.0 Å². The Morgan fingerprint density at radius 1 is 1.00 bits per heavy atom. The molecule has 0 saturated carbocycles. The molecule has 13 heteroatoms. The molecule has 4 rings (SSSR count). The van der Waals surface area contributed by atoms with E-state index in [1.54, 1.807) is 6.07 Å². The number of aliphatic carboxylic acids is 1. The summed E-state index contributed by atoms with van der Waals surface area (Å²) in [6.07, 6.45) is -7.29. The van der Waals surface area contributed by atoms with Crippen molar-refractivity contribution in [1.82, 2.24) is 4.90 Å². The Morgan fingerprint density at radius 3 is 2.37 bits per heavy atom. The van der Waals surface area contributed by atoms with Crippen molar-refractivity contribution in [2.24, 2.45) is 0 Å². The van der Waals surface area contributed by atoms with E-state index < -0.39 is 41.4 Å². The van der Waals surface area contributed by atoms with Gasteiger partial charge in [-0.15, -0.1) is 0 Å². The summed E-state index contributed by atoms with van der Waals surface area (Å²) in [4.78, 5) is 26.2. The molecular formula is C28H19F6I2NO4. The molecule has 3 aromatic carbocycles. The molecule has 1 amide bonds. The summed E-state index contributed by atoms with van der Waals surface area (Å²) in [6.45, 7) is -0.331. The second kappa shape index (κ2) is 12.2. The molecule has 216 valence electrons. The minimum absolute atomic E-state index is 0.0523. The zero-order valence-electron chi connectivity index (χ0n) is 20.7. The zero-order valence-corrected chi connectivity index (χ0v) is 25.0. The second-order valence-corrected chi connectivity index (χ2v) is 11.3. The van der Waals surface area contributed by atoms with Crippen molar-refractivity contribution in [3.63, 3.8) is 0 Å². The molecule has 0 radical (unpaired) electrons. The van der Waals surface area contributed by atoms with E-state index in [1.807, 2.05) is 45.2 Å². The number of halogens is 8. The van der Waals surface area contributed by atoms with Gasteiger partial charge in [0.1, 0.15) is 18.4 Å². The maximum absolute atomic E-state index is 13.3. The lowest BCUT2D eigenvalue weighted by molar-refractivity contribution is -0.149. The number of benzene rings is 3. The SMILES string of the molecule is O=C(O)[C@@H]1Cc2cc(I)c(OCc3cccc(C(F)(F)F)c3)c(I)c2CN1C(=O)/C=C/c1ccccc1C(F)(F)F. The van der Waals surface area contributed by atoms with Gasteiger partial charge in [0, 0.05) is 19.0 Å². The number of fused-ring (bicyclic) bond motifs is 1. The fourth-order valence-electron chi connectivity index (χ4n) is 4.38. The highest BCUT2D eigenvalue weighted by molar-refractivity contribution is 14.1. The highest BCUT2D eigenvalue weighted by Crippen LogP contribution is 2.38. The van der Waals surface area contributed by atoms with Crippen LogP contribution < -0.4 is 4.74 Å². The van der Waals surface area contributed by atoms with Crippen molar-refractivity contribution >= 4 is 63.1 Å². The number of hydrogen-bond acceptors (Lipinski definition) is 3. The van der Waals surface area contributed by atoms with Gasteiger partial charge in [-0.1, -0.05) is 30.3 Å². The summed E-state index contributed by atoms with van der Waals surface area (Å²) in [5, 5.41) is 9.83. The number of nitrogens with zero attached hydrogens (tertiary/aromatic N) is 1. The van der Waals surface area contributed by atoms with E-state index in [9.17, 15) is 41.0 Å². The number of amides is 1. The van der Waals surface area contributed by atoms with Gasteiger partial charge in [0.05, 0.1) is 18.3 Å². The van der Waals surface area contributed by atoms with Gasteiger partial charge in [-0.3, -0.25) is 4.79 Å². The van der Waals surface area contributed by atoms with E-state index in [0.717, 1.165) is 35.3 Å². The Morgan fingerprint density at radius 2 is 1.71 bits per heavy atom. The first-order valence-corrected chi connectivity index (χ1v) is 14.0. The van der Waals surface area contributed by atoms with Crippen molar-refractivity contribution in [1.29, 1.82) is 0 Å². The van der Waals surface area contributed by atoms with E-state index in [2.05, 4.69) is 0 Å². The normalized spacial score (nSPS) is 15.6. The fraction of sp³-hybridized carbons (Fsp3) is 0.214. The zero-order chi connectivity index (χ0) is 30.1. The number of alkyl halides is 6. The molecular weight excluding hydrogens is 782 g/mol.